The van der Waals surface area contributed by atoms with Gasteiger partial charge in [-0.05, 0) is 44.6 Å². The number of amides is 1. The molecule has 2 saturated heterocycles. The van der Waals surface area contributed by atoms with Crippen LogP contribution in [0.1, 0.15) is 29.7 Å². The Morgan fingerprint density at radius 2 is 1.98 bits per heavy atom. The summed E-state index contributed by atoms with van der Waals surface area (Å²) in [5, 5.41) is 9.43. The molecule has 2 fully saturated rings. The number of piperazine rings is 1. The number of fused-ring (bicyclic) bond motifs is 1. The molecule has 2 atom stereocenters. The van der Waals surface area contributed by atoms with Crippen LogP contribution < -0.4 is 14.5 Å². The van der Waals surface area contributed by atoms with Gasteiger partial charge in [-0.3, -0.25) is 4.79 Å². The second kappa shape index (κ2) is 11.9. The van der Waals surface area contributed by atoms with E-state index >= 15 is 0 Å². The van der Waals surface area contributed by atoms with Crippen molar-refractivity contribution in [3.8, 4) is 12.1 Å². The van der Waals surface area contributed by atoms with E-state index in [1.165, 1.54) is 18.2 Å². The molecule has 0 aliphatic carbocycles. The first-order chi connectivity index (χ1) is 19.7. The number of para-hydroxylation sites is 1. The van der Waals surface area contributed by atoms with E-state index < -0.39 is 11.7 Å². The Bertz CT molecular complexity index is 1330. The molecule has 12 heteroatoms. The molecular weight excluding hydrogens is 535 g/mol. The highest BCUT2D eigenvalue weighted by atomic mass is 19.4. The van der Waals surface area contributed by atoms with Crippen LogP contribution in [-0.4, -0.2) is 84.6 Å². The van der Waals surface area contributed by atoms with E-state index in [4.69, 9.17) is 14.7 Å². The van der Waals surface area contributed by atoms with Crippen molar-refractivity contribution in [2.75, 3.05) is 62.7 Å². The van der Waals surface area contributed by atoms with Crippen molar-refractivity contribution in [1.29, 1.82) is 5.26 Å². The quantitative estimate of drug-likeness (QED) is 0.469. The molecule has 4 heterocycles. The fraction of sp³-hybridized carbons (Fsp3) is 0.517. The summed E-state index contributed by atoms with van der Waals surface area (Å²) in [6.07, 6.45) is -1.62. The Kier molecular flexibility index (Phi) is 8.35. The van der Waals surface area contributed by atoms with Gasteiger partial charge >= 0.3 is 12.2 Å². The van der Waals surface area contributed by atoms with Crippen LogP contribution in [0.15, 0.2) is 36.9 Å². The number of carbonyl (C=O) groups excluding carboxylic acids is 1. The van der Waals surface area contributed by atoms with Crippen molar-refractivity contribution in [2.45, 2.75) is 38.0 Å². The van der Waals surface area contributed by atoms with Gasteiger partial charge in [-0.1, -0.05) is 18.7 Å². The summed E-state index contributed by atoms with van der Waals surface area (Å²) in [6.45, 7) is 7.75. The normalized spacial score (nSPS) is 21.4. The minimum atomic E-state index is -4.48. The van der Waals surface area contributed by atoms with Crippen molar-refractivity contribution in [1.82, 2.24) is 19.8 Å². The van der Waals surface area contributed by atoms with Crippen molar-refractivity contribution in [2.24, 2.45) is 5.92 Å². The smallest absolute Gasteiger partial charge is 0.418 e. The summed E-state index contributed by atoms with van der Waals surface area (Å²) < 4.78 is 47.6. The van der Waals surface area contributed by atoms with Gasteiger partial charge in [-0.15, -0.1) is 0 Å². The topological polar surface area (TPSA) is 88.8 Å². The lowest BCUT2D eigenvalue weighted by Gasteiger charge is -2.42. The maximum Gasteiger partial charge on any atom is 0.418 e. The number of hydrogen-bond acceptors (Lipinski definition) is 8. The van der Waals surface area contributed by atoms with Crippen molar-refractivity contribution in [3.63, 3.8) is 0 Å². The third-order valence-corrected chi connectivity index (χ3v) is 8.08. The Morgan fingerprint density at radius 3 is 2.68 bits per heavy atom. The van der Waals surface area contributed by atoms with E-state index in [9.17, 15) is 23.2 Å². The SMILES string of the molecule is C=CC(=O)N1CCN(c2nc(OC[C@@H]3CCN(C)C3)nc3c2CCN(c2ccccc2C(F)(F)F)C3)CC1CC#N. The lowest BCUT2D eigenvalue weighted by atomic mass is 10.0. The number of anilines is 2. The van der Waals surface area contributed by atoms with E-state index in [0.717, 1.165) is 31.1 Å². The first kappa shape index (κ1) is 28.7. The standard InChI is InChI=1S/C29H34F3N7O2/c1-3-26(40)39-15-14-38(17-21(39)8-11-33)27-22-10-13-37(25-7-5-4-6-23(25)29(30,31)32)18-24(22)34-28(35-27)41-19-20-9-12-36(2)16-20/h3-7,20-21H,1,8-10,12-19H2,2H3/t20-,21?/m1/s1. The predicted molar refractivity (Wildman–Crippen MR) is 147 cm³/mol. The Morgan fingerprint density at radius 1 is 1.17 bits per heavy atom. The molecule has 0 N–H and O–H groups in total. The number of carbonyl (C=O) groups is 1. The molecule has 0 saturated carbocycles. The monoisotopic (exact) mass is 569 g/mol. The molecule has 3 aliphatic heterocycles. The largest absolute Gasteiger partial charge is 0.463 e. The van der Waals surface area contributed by atoms with Crippen LogP contribution >= 0.6 is 0 Å². The van der Waals surface area contributed by atoms with E-state index in [0.29, 0.717) is 56.6 Å². The molecule has 1 unspecified atom stereocenters. The van der Waals surface area contributed by atoms with Crippen LogP contribution in [0, 0.1) is 17.2 Å². The molecule has 9 nitrogen and oxygen atoms in total. The number of alkyl halides is 3. The second-order valence-electron chi connectivity index (χ2n) is 10.9. The highest BCUT2D eigenvalue weighted by Crippen LogP contribution is 2.39. The zero-order valence-electron chi connectivity index (χ0n) is 23.1. The van der Waals surface area contributed by atoms with Crippen LogP contribution in [-0.2, 0) is 23.9 Å². The maximum absolute atomic E-state index is 13.8. The molecule has 218 valence electrons. The minimum Gasteiger partial charge on any atom is -0.463 e. The summed E-state index contributed by atoms with van der Waals surface area (Å²) in [5.74, 6) is 0.775. The zero-order valence-corrected chi connectivity index (χ0v) is 23.1. The first-order valence-electron chi connectivity index (χ1n) is 13.8. The predicted octanol–water partition coefficient (Wildman–Crippen LogP) is 3.51. The average molecular weight is 570 g/mol. The molecule has 41 heavy (non-hydrogen) atoms. The third kappa shape index (κ3) is 6.25. The van der Waals surface area contributed by atoms with E-state index in [1.807, 2.05) is 4.90 Å². The molecule has 2 aromatic rings. The summed E-state index contributed by atoms with van der Waals surface area (Å²) in [5.41, 5.74) is 0.922. The van der Waals surface area contributed by atoms with Gasteiger partial charge in [-0.2, -0.15) is 28.4 Å². The van der Waals surface area contributed by atoms with Crippen LogP contribution in [0.5, 0.6) is 6.01 Å². The number of rotatable bonds is 7. The Hall–Kier alpha value is -3.85. The van der Waals surface area contributed by atoms with Gasteiger partial charge in [0.2, 0.25) is 5.91 Å². The van der Waals surface area contributed by atoms with Crippen LogP contribution in [0.2, 0.25) is 0 Å². The van der Waals surface area contributed by atoms with Crippen LogP contribution in [0.25, 0.3) is 0 Å². The Balaban J connectivity index is 1.46. The molecule has 1 amide bonds. The molecular formula is C29H34F3N7O2. The minimum absolute atomic E-state index is 0.118. The van der Waals surface area contributed by atoms with Crippen molar-refractivity contribution in [3.05, 3.63) is 53.7 Å². The van der Waals surface area contributed by atoms with Gasteiger partial charge in [0.15, 0.2) is 0 Å². The molecule has 0 radical (unpaired) electrons. The molecule has 3 aliphatic rings. The number of hydrogen-bond donors (Lipinski definition) is 0. The Labute approximate surface area is 237 Å². The highest BCUT2D eigenvalue weighted by molar-refractivity contribution is 5.87. The lowest BCUT2D eigenvalue weighted by Crippen LogP contribution is -2.55. The van der Waals surface area contributed by atoms with Crippen LogP contribution in [0.4, 0.5) is 24.7 Å². The van der Waals surface area contributed by atoms with Crippen molar-refractivity contribution >= 4 is 17.4 Å². The van der Waals surface area contributed by atoms with Crippen molar-refractivity contribution < 1.29 is 22.7 Å². The third-order valence-electron chi connectivity index (χ3n) is 8.08. The van der Waals surface area contributed by atoms with Crippen LogP contribution in [0.3, 0.4) is 0 Å². The number of ether oxygens (including phenoxy) is 1. The van der Waals surface area contributed by atoms with Gasteiger partial charge in [0.05, 0.1) is 42.9 Å². The molecule has 0 bridgehead atoms. The maximum atomic E-state index is 13.8. The summed E-state index contributed by atoms with van der Waals surface area (Å²) in [4.78, 5) is 29.6. The van der Waals surface area contributed by atoms with Gasteiger partial charge < -0.3 is 24.3 Å². The average Bonchev–Trinajstić information content (AvgIpc) is 3.39. The summed E-state index contributed by atoms with van der Waals surface area (Å²) >= 11 is 0. The fourth-order valence-corrected chi connectivity index (χ4v) is 6.00. The fourth-order valence-electron chi connectivity index (χ4n) is 6.00. The zero-order chi connectivity index (χ0) is 29.1. The molecule has 1 aromatic carbocycles. The second-order valence-corrected chi connectivity index (χ2v) is 10.9. The van der Waals surface area contributed by atoms with Gasteiger partial charge in [-0.25, -0.2) is 0 Å². The molecule has 5 rings (SSSR count). The van der Waals surface area contributed by atoms with E-state index in [-0.39, 0.29) is 36.6 Å². The molecule has 1 aromatic heterocycles. The van der Waals surface area contributed by atoms with Gasteiger partial charge in [0.1, 0.15) is 5.82 Å². The number of nitriles is 1. The number of halogens is 3. The van der Waals surface area contributed by atoms with E-state index in [2.05, 4.69) is 24.6 Å². The lowest BCUT2D eigenvalue weighted by molar-refractivity contribution is -0.137. The number of likely N-dealkylation sites (tertiary alicyclic amines) is 1. The summed E-state index contributed by atoms with van der Waals surface area (Å²) in [6, 6.07) is 7.62. The highest BCUT2D eigenvalue weighted by Gasteiger charge is 2.37. The van der Waals surface area contributed by atoms with Gasteiger partial charge in [0, 0.05) is 49.9 Å². The van der Waals surface area contributed by atoms with Gasteiger partial charge in [0.25, 0.3) is 0 Å². The molecule has 0 spiro atoms. The number of nitrogens with zero attached hydrogens (tertiary/aromatic N) is 7. The number of aromatic nitrogens is 2. The summed E-state index contributed by atoms with van der Waals surface area (Å²) in [7, 11) is 2.06. The first-order valence-corrected chi connectivity index (χ1v) is 13.8. The van der Waals surface area contributed by atoms with E-state index in [1.54, 1.807) is 15.9 Å². The number of benzene rings is 1.